The summed E-state index contributed by atoms with van der Waals surface area (Å²) in [6.07, 6.45) is -0.394. The van der Waals surface area contributed by atoms with Crippen molar-refractivity contribution >= 4 is 40.3 Å². The Bertz CT molecular complexity index is 1300. The second-order valence-electron chi connectivity index (χ2n) is 8.37. The van der Waals surface area contributed by atoms with Crippen LogP contribution in [0.25, 0.3) is 0 Å². The van der Waals surface area contributed by atoms with Crippen LogP contribution in [0.3, 0.4) is 0 Å². The highest BCUT2D eigenvalue weighted by molar-refractivity contribution is 8.13. The van der Waals surface area contributed by atoms with Gasteiger partial charge in [0, 0.05) is 28.7 Å². The number of nitrogens with one attached hydrogen (secondary N) is 1. The maximum absolute atomic E-state index is 13.0. The number of aliphatic imine (C=N–C) groups is 1. The molecule has 0 radical (unpaired) electrons. The van der Waals surface area contributed by atoms with E-state index < -0.39 is 11.6 Å². The fourth-order valence-corrected chi connectivity index (χ4v) is 6.49. The van der Waals surface area contributed by atoms with Gasteiger partial charge in [0.05, 0.1) is 6.54 Å². The summed E-state index contributed by atoms with van der Waals surface area (Å²) in [6.45, 7) is 1.01. The fraction of sp³-hybridized carbons (Fsp3) is 0.231. The summed E-state index contributed by atoms with van der Waals surface area (Å²) in [5, 5.41) is 12.8. The molecule has 5 rings (SSSR count). The highest BCUT2D eigenvalue weighted by Gasteiger charge is 2.53. The predicted molar refractivity (Wildman–Crippen MR) is 136 cm³/mol. The zero-order valence-corrected chi connectivity index (χ0v) is 20.3. The number of benzene rings is 2. The molecular weight excluding hydrogens is 480 g/mol. The smallest absolute Gasteiger partial charge is 0.410 e. The van der Waals surface area contributed by atoms with E-state index >= 15 is 0 Å². The molecule has 2 aliphatic rings. The molecule has 0 saturated carbocycles. The minimum atomic E-state index is -0.740. The second-order valence-corrected chi connectivity index (χ2v) is 10.5. The van der Waals surface area contributed by atoms with Crippen LogP contribution in [0.1, 0.15) is 25.7 Å². The van der Waals surface area contributed by atoms with Gasteiger partial charge in [0.15, 0.2) is 5.17 Å². The van der Waals surface area contributed by atoms with Crippen LogP contribution < -0.4 is 5.32 Å². The van der Waals surface area contributed by atoms with Gasteiger partial charge in [-0.25, -0.2) is 9.79 Å². The maximum Gasteiger partial charge on any atom is 0.410 e. The van der Waals surface area contributed by atoms with E-state index in [1.165, 1.54) is 23.1 Å². The number of ether oxygens (including phenoxy) is 1. The number of rotatable bonds is 4. The monoisotopic (exact) mass is 502 g/mol. The molecule has 7 nitrogen and oxygen atoms in total. The Morgan fingerprint density at radius 2 is 1.86 bits per heavy atom. The molecule has 0 spiro atoms. The minimum Gasteiger partial charge on any atom is -0.445 e. The van der Waals surface area contributed by atoms with Gasteiger partial charge in [0.2, 0.25) is 0 Å². The second kappa shape index (κ2) is 9.94. The van der Waals surface area contributed by atoms with Crippen LogP contribution in [0.15, 0.2) is 77.8 Å². The van der Waals surface area contributed by atoms with Crippen molar-refractivity contribution in [3.8, 4) is 6.07 Å². The van der Waals surface area contributed by atoms with E-state index in [4.69, 9.17) is 9.73 Å². The zero-order chi connectivity index (χ0) is 24.3. The quantitative estimate of drug-likeness (QED) is 0.562. The average molecular weight is 503 g/mol. The molecule has 35 heavy (non-hydrogen) atoms. The lowest BCUT2D eigenvalue weighted by molar-refractivity contribution is 0.0975. The molecule has 2 aromatic carbocycles. The number of nitrogens with zero attached hydrogens (tertiary/aromatic N) is 3. The molecule has 2 amide bonds. The fourth-order valence-electron chi connectivity index (χ4n) is 4.35. The van der Waals surface area contributed by atoms with E-state index in [9.17, 15) is 14.9 Å². The SMILES string of the molecule is N#Cc1ccc(C23CN(C(=O)OCc4ccccc4)CC2CSC(NC(=O)c2ccccc2)=N3)s1. The number of carbonyl (C=O) groups excluding carboxylic acids is 2. The Labute approximate surface area is 211 Å². The van der Waals surface area contributed by atoms with E-state index in [1.54, 1.807) is 23.1 Å². The van der Waals surface area contributed by atoms with Crippen molar-refractivity contribution in [1.29, 1.82) is 5.26 Å². The molecule has 2 atom stereocenters. The van der Waals surface area contributed by atoms with Gasteiger partial charge in [-0.05, 0) is 29.8 Å². The van der Waals surface area contributed by atoms with E-state index in [2.05, 4.69) is 11.4 Å². The summed E-state index contributed by atoms with van der Waals surface area (Å²) in [5.74, 6) is 0.474. The standard InChI is InChI=1S/C26H22N4O3S2/c27-13-21-11-12-22(35-21)26-17-30(25(32)33-15-18-7-3-1-4-8-18)14-20(26)16-34-24(29-26)28-23(31)19-9-5-2-6-10-19/h1-12,20H,14-17H2,(H,28,29,31). The van der Waals surface area contributed by atoms with Crippen LogP contribution in [-0.2, 0) is 16.9 Å². The number of amidine groups is 1. The molecule has 1 N–H and O–H groups in total. The third-order valence-electron chi connectivity index (χ3n) is 6.13. The lowest BCUT2D eigenvalue weighted by atomic mass is 9.87. The number of nitriles is 1. The number of carbonyl (C=O) groups is 2. The van der Waals surface area contributed by atoms with Gasteiger partial charge in [-0.2, -0.15) is 5.26 Å². The largest absolute Gasteiger partial charge is 0.445 e. The van der Waals surface area contributed by atoms with Crippen molar-refractivity contribution in [1.82, 2.24) is 10.2 Å². The van der Waals surface area contributed by atoms with Crippen LogP contribution in [0.2, 0.25) is 0 Å². The first kappa shape index (κ1) is 23.1. The van der Waals surface area contributed by atoms with Crippen molar-refractivity contribution in [2.24, 2.45) is 10.9 Å². The highest BCUT2D eigenvalue weighted by Crippen LogP contribution is 2.47. The van der Waals surface area contributed by atoms with Crippen molar-refractivity contribution in [3.05, 3.63) is 93.7 Å². The van der Waals surface area contributed by atoms with Crippen LogP contribution in [-0.4, -0.2) is 40.9 Å². The summed E-state index contributed by atoms with van der Waals surface area (Å²) in [4.78, 5) is 33.9. The Morgan fingerprint density at radius 3 is 2.57 bits per heavy atom. The Balaban J connectivity index is 1.39. The van der Waals surface area contributed by atoms with Crippen LogP contribution in [0.5, 0.6) is 0 Å². The zero-order valence-electron chi connectivity index (χ0n) is 18.7. The van der Waals surface area contributed by atoms with Crippen molar-refractivity contribution in [3.63, 3.8) is 0 Å². The van der Waals surface area contributed by atoms with Gasteiger partial charge < -0.3 is 15.0 Å². The lowest BCUT2D eigenvalue weighted by Crippen LogP contribution is -2.42. The highest BCUT2D eigenvalue weighted by atomic mass is 32.2. The molecule has 9 heteroatoms. The third-order valence-corrected chi connectivity index (χ3v) is 8.33. The van der Waals surface area contributed by atoms with Crippen LogP contribution in [0, 0.1) is 17.2 Å². The van der Waals surface area contributed by atoms with Gasteiger partial charge in [0.25, 0.3) is 5.91 Å². The van der Waals surface area contributed by atoms with Crippen LogP contribution >= 0.6 is 23.1 Å². The molecule has 2 unspecified atom stereocenters. The normalized spacial score (nSPS) is 20.9. The summed E-state index contributed by atoms with van der Waals surface area (Å²) < 4.78 is 5.59. The topological polar surface area (TPSA) is 94.8 Å². The Morgan fingerprint density at radius 1 is 1.11 bits per heavy atom. The first-order chi connectivity index (χ1) is 17.1. The summed E-state index contributed by atoms with van der Waals surface area (Å²) in [5.41, 5.74) is 0.729. The summed E-state index contributed by atoms with van der Waals surface area (Å²) in [6, 6.07) is 24.4. The third kappa shape index (κ3) is 4.81. The van der Waals surface area contributed by atoms with E-state index in [-0.39, 0.29) is 18.4 Å². The number of hydrogen-bond acceptors (Lipinski definition) is 7. The molecule has 176 valence electrons. The molecule has 3 heterocycles. The summed E-state index contributed by atoms with van der Waals surface area (Å²) in [7, 11) is 0. The Kier molecular flexibility index (Phi) is 6.57. The number of fused-ring (bicyclic) bond motifs is 1. The first-order valence-corrected chi connectivity index (χ1v) is 12.9. The van der Waals surface area contributed by atoms with Gasteiger partial charge >= 0.3 is 6.09 Å². The average Bonchev–Trinajstić information content (AvgIpc) is 3.54. The predicted octanol–water partition coefficient (Wildman–Crippen LogP) is 4.62. The molecule has 2 aliphatic heterocycles. The van der Waals surface area contributed by atoms with Crippen LogP contribution in [0.4, 0.5) is 4.79 Å². The number of thioether (sulfide) groups is 1. The first-order valence-electron chi connectivity index (χ1n) is 11.1. The molecule has 1 saturated heterocycles. The molecule has 3 aromatic rings. The molecule has 0 aliphatic carbocycles. The van der Waals surface area contributed by atoms with Gasteiger partial charge in [-0.1, -0.05) is 60.3 Å². The van der Waals surface area contributed by atoms with Crippen molar-refractivity contribution in [2.75, 3.05) is 18.8 Å². The van der Waals surface area contributed by atoms with E-state index in [0.717, 1.165) is 10.4 Å². The van der Waals surface area contributed by atoms with E-state index in [1.807, 2.05) is 54.6 Å². The van der Waals surface area contributed by atoms with Crippen molar-refractivity contribution in [2.45, 2.75) is 12.1 Å². The number of thiophene rings is 1. The lowest BCUT2D eigenvalue weighted by Gasteiger charge is -2.34. The minimum absolute atomic E-state index is 0.0272. The van der Waals surface area contributed by atoms with Gasteiger partial charge in [0.1, 0.15) is 23.1 Å². The van der Waals surface area contributed by atoms with Gasteiger partial charge in [-0.3, -0.25) is 4.79 Å². The molecule has 0 bridgehead atoms. The molecule has 1 aromatic heterocycles. The van der Waals surface area contributed by atoms with Crippen molar-refractivity contribution < 1.29 is 14.3 Å². The summed E-state index contributed by atoms with van der Waals surface area (Å²) >= 11 is 2.85. The number of hydrogen-bond donors (Lipinski definition) is 1. The maximum atomic E-state index is 13.0. The number of amides is 2. The van der Waals surface area contributed by atoms with Gasteiger partial charge in [-0.15, -0.1) is 11.3 Å². The molecule has 1 fully saturated rings. The Hall–Kier alpha value is -3.61. The molecular formula is C26H22N4O3S2. The van der Waals surface area contributed by atoms with E-state index in [0.29, 0.717) is 34.5 Å². The number of likely N-dealkylation sites (tertiary alicyclic amines) is 1.